The first-order valence-electron chi connectivity index (χ1n) is 8.03. The summed E-state index contributed by atoms with van der Waals surface area (Å²) in [5, 5.41) is 4.63. The molecule has 3 rings (SSSR count). The Labute approximate surface area is 150 Å². The van der Waals surface area contributed by atoms with E-state index in [4.69, 9.17) is 0 Å². The number of nitrogens with zero attached hydrogens (tertiary/aromatic N) is 2. The van der Waals surface area contributed by atoms with Crippen molar-refractivity contribution in [1.82, 2.24) is 4.98 Å². The smallest absolute Gasteiger partial charge is 0.225 e. The molecule has 0 radical (unpaired) electrons. The summed E-state index contributed by atoms with van der Waals surface area (Å²) in [4.78, 5) is 30.0. The van der Waals surface area contributed by atoms with Crippen LogP contribution in [0.15, 0.2) is 53.9 Å². The molecule has 3 aromatic rings. The van der Waals surface area contributed by atoms with Crippen molar-refractivity contribution in [2.45, 2.75) is 13.8 Å². The Bertz CT molecular complexity index is 959. The molecule has 0 unspecified atom stereocenters. The van der Waals surface area contributed by atoms with Gasteiger partial charge < -0.3 is 0 Å². The van der Waals surface area contributed by atoms with E-state index in [0.29, 0.717) is 22.9 Å². The van der Waals surface area contributed by atoms with E-state index in [9.17, 15) is 9.59 Å². The van der Waals surface area contributed by atoms with E-state index in [-0.39, 0.29) is 11.7 Å². The summed E-state index contributed by atoms with van der Waals surface area (Å²) >= 11 is 1.39. The lowest BCUT2D eigenvalue weighted by molar-refractivity contribution is -0.116. The van der Waals surface area contributed by atoms with Crippen LogP contribution in [0.3, 0.4) is 0 Å². The molecule has 0 saturated heterocycles. The third kappa shape index (κ3) is 3.83. The molecule has 1 heterocycles. The molecule has 1 aromatic heterocycles. The molecular formula is C20H18N2O2S. The van der Waals surface area contributed by atoms with Crippen molar-refractivity contribution in [3.63, 3.8) is 0 Å². The molecule has 0 aliphatic heterocycles. The lowest BCUT2D eigenvalue weighted by atomic mass is 10.0. The largest absolute Gasteiger partial charge is 0.289 e. The van der Waals surface area contributed by atoms with Crippen LogP contribution in [0.2, 0.25) is 0 Å². The zero-order valence-corrected chi connectivity index (χ0v) is 14.9. The lowest BCUT2D eigenvalue weighted by Crippen LogP contribution is -2.27. The summed E-state index contributed by atoms with van der Waals surface area (Å²) in [6.45, 7) is 3.99. The molecule has 0 saturated carbocycles. The number of hydrogen-bond donors (Lipinski definition) is 0. The number of rotatable bonds is 5. The van der Waals surface area contributed by atoms with Crippen LogP contribution in [0.1, 0.15) is 29.9 Å². The molecule has 0 N–H and O–H groups in total. The minimum absolute atomic E-state index is 0.0420. The number of carbonyl (C=O) groups is 2. The minimum atomic E-state index is -0.0702. The van der Waals surface area contributed by atoms with Crippen LogP contribution < -0.4 is 4.90 Å². The number of amides is 1. The second kappa shape index (κ2) is 7.40. The van der Waals surface area contributed by atoms with Crippen molar-refractivity contribution in [2.24, 2.45) is 0 Å². The van der Waals surface area contributed by atoms with E-state index < -0.39 is 0 Å². The van der Waals surface area contributed by atoms with Gasteiger partial charge in [-0.25, -0.2) is 4.98 Å². The number of anilines is 1. The average Bonchev–Trinajstić information content (AvgIpc) is 3.08. The van der Waals surface area contributed by atoms with Crippen molar-refractivity contribution in [3.05, 3.63) is 65.2 Å². The molecule has 25 heavy (non-hydrogen) atoms. The first-order valence-corrected chi connectivity index (χ1v) is 8.91. The van der Waals surface area contributed by atoms with Crippen LogP contribution in [-0.2, 0) is 4.79 Å². The molecule has 5 heteroatoms. The monoisotopic (exact) mass is 350 g/mol. The number of thiazole rings is 1. The normalized spacial score (nSPS) is 11.1. The van der Waals surface area contributed by atoms with Crippen LogP contribution in [0, 0.1) is 0 Å². The number of carbonyl (C=O) groups excluding carboxylic acids is 2. The first-order chi connectivity index (χ1) is 12.1. The summed E-state index contributed by atoms with van der Waals surface area (Å²) in [5.74, 6) is -0.112. The van der Waals surface area contributed by atoms with Gasteiger partial charge >= 0.3 is 0 Å². The zero-order chi connectivity index (χ0) is 17.8. The Morgan fingerprint density at radius 2 is 1.92 bits per heavy atom. The molecule has 0 aliphatic carbocycles. The summed E-state index contributed by atoms with van der Waals surface area (Å²) in [6.07, 6.45) is 3.21. The molecular weight excluding hydrogens is 332 g/mol. The summed E-state index contributed by atoms with van der Waals surface area (Å²) < 4.78 is 0. The number of aromatic nitrogens is 1. The predicted octanol–water partition coefficient (Wildman–Crippen LogP) is 4.57. The van der Waals surface area contributed by atoms with Crippen LogP contribution >= 0.6 is 11.3 Å². The second-order valence-electron chi connectivity index (χ2n) is 5.58. The van der Waals surface area contributed by atoms with Crippen molar-refractivity contribution < 1.29 is 9.59 Å². The van der Waals surface area contributed by atoms with Gasteiger partial charge in [0.25, 0.3) is 0 Å². The molecule has 1 amide bonds. The fourth-order valence-corrected chi connectivity index (χ4v) is 3.47. The van der Waals surface area contributed by atoms with E-state index in [2.05, 4.69) is 4.98 Å². The van der Waals surface area contributed by atoms with Crippen LogP contribution in [0.5, 0.6) is 0 Å². The highest BCUT2D eigenvalue weighted by molar-refractivity contribution is 7.14. The molecule has 126 valence electrons. The van der Waals surface area contributed by atoms with Crippen LogP contribution in [0.4, 0.5) is 5.13 Å². The summed E-state index contributed by atoms with van der Waals surface area (Å²) in [6, 6.07) is 13.6. The molecule has 0 aliphatic rings. The van der Waals surface area contributed by atoms with Crippen molar-refractivity contribution in [1.29, 1.82) is 0 Å². The van der Waals surface area contributed by atoms with Gasteiger partial charge in [-0.1, -0.05) is 36.4 Å². The van der Waals surface area contributed by atoms with Gasteiger partial charge in [-0.2, -0.15) is 0 Å². The Morgan fingerprint density at radius 1 is 1.16 bits per heavy atom. The van der Waals surface area contributed by atoms with E-state index >= 15 is 0 Å². The molecule has 0 bridgehead atoms. The Balaban J connectivity index is 1.78. The van der Waals surface area contributed by atoms with Crippen LogP contribution in [0.25, 0.3) is 16.8 Å². The van der Waals surface area contributed by atoms with Crippen molar-refractivity contribution >= 4 is 45.0 Å². The topological polar surface area (TPSA) is 50.3 Å². The van der Waals surface area contributed by atoms with E-state index in [0.717, 1.165) is 10.8 Å². The Hall–Kier alpha value is -2.79. The highest BCUT2D eigenvalue weighted by Crippen LogP contribution is 2.22. The minimum Gasteiger partial charge on any atom is -0.289 e. The predicted molar refractivity (Wildman–Crippen MR) is 103 cm³/mol. The number of ketones is 1. The fourth-order valence-electron chi connectivity index (χ4n) is 2.57. The highest BCUT2D eigenvalue weighted by Gasteiger charge is 2.12. The van der Waals surface area contributed by atoms with E-state index in [1.165, 1.54) is 24.3 Å². The van der Waals surface area contributed by atoms with E-state index in [1.54, 1.807) is 11.0 Å². The quantitative estimate of drug-likeness (QED) is 0.500. The van der Waals surface area contributed by atoms with Gasteiger partial charge in [0, 0.05) is 24.4 Å². The Kier molecular flexibility index (Phi) is 5.05. The van der Waals surface area contributed by atoms with Gasteiger partial charge in [-0.05, 0) is 35.9 Å². The number of allylic oxidation sites excluding steroid dienone is 1. The van der Waals surface area contributed by atoms with Gasteiger partial charge in [0.1, 0.15) is 0 Å². The standard InChI is InChI=1S/C20H18N2O2S/c1-3-22(14(2)23)20-21-18(13-25-20)10-11-19(24)17-9-8-15-6-4-5-7-16(15)12-17/h4-13H,3H2,1-2H3/b11-10+. The van der Waals surface area contributed by atoms with Gasteiger partial charge in [-0.15, -0.1) is 11.3 Å². The zero-order valence-electron chi connectivity index (χ0n) is 14.1. The molecule has 0 spiro atoms. The maximum Gasteiger partial charge on any atom is 0.225 e. The maximum atomic E-state index is 12.4. The Morgan fingerprint density at radius 3 is 2.64 bits per heavy atom. The first kappa shape index (κ1) is 17.0. The SMILES string of the molecule is CCN(C(C)=O)c1nc(/C=C/C(=O)c2ccc3ccccc3c2)cs1. The van der Waals surface area contributed by atoms with Crippen molar-refractivity contribution in [3.8, 4) is 0 Å². The summed E-state index contributed by atoms with van der Waals surface area (Å²) in [7, 11) is 0. The number of hydrogen-bond acceptors (Lipinski definition) is 4. The maximum absolute atomic E-state index is 12.4. The summed E-state index contributed by atoms with van der Waals surface area (Å²) in [5.41, 5.74) is 1.32. The fraction of sp³-hybridized carbons (Fsp3) is 0.150. The molecule has 0 atom stereocenters. The van der Waals surface area contributed by atoms with Crippen LogP contribution in [-0.4, -0.2) is 23.2 Å². The van der Waals surface area contributed by atoms with Gasteiger partial charge in [0.2, 0.25) is 5.91 Å². The average molecular weight is 350 g/mol. The van der Waals surface area contributed by atoms with E-state index in [1.807, 2.05) is 54.8 Å². The molecule has 2 aromatic carbocycles. The highest BCUT2D eigenvalue weighted by atomic mass is 32.1. The third-order valence-corrected chi connectivity index (χ3v) is 4.76. The second-order valence-corrected chi connectivity index (χ2v) is 6.41. The molecule has 4 nitrogen and oxygen atoms in total. The lowest BCUT2D eigenvalue weighted by Gasteiger charge is -2.14. The molecule has 0 fully saturated rings. The van der Waals surface area contributed by atoms with Gasteiger partial charge in [0.05, 0.1) is 5.69 Å². The number of fused-ring (bicyclic) bond motifs is 1. The number of benzene rings is 2. The van der Waals surface area contributed by atoms with Gasteiger partial charge in [-0.3, -0.25) is 14.5 Å². The van der Waals surface area contributed by atoms with Gasteiger partial charge in [0.15, 0.2) is 10.9 Å². The van der Waals surface area contributed by atoms with Crippen molar-refractivity contribution in [2.75, 3.05) is 11.4 Å². The third-order valence-electron chi connectivity index (χ3n) is 3.88.